The molecule has 0 spiro atoms. The van der Waals surface area contributed by atoms with E-state index < -0.39 is 5.91 Å². The topological polar surface area (TPSA) is 68.9 Å². The van der Waals surface area contributed by atoms with E-state index in [0.29, 0.717) is 20.1 Å². The Kier molecular flexibility index (Phi) is 5.82. The Morgan fingerprint density at radius 2 is 2.05 bits per heavy atom. The Bertz CT molecular complexity index is 623. The molecule has 9 heteroatoms. The van der Waals surface area contributed by atoms with E-state index in [9.17, 15) is 9.18 Å². The van der Waals surface area contributed by atoms with E-state index >= 15 is 0 Å². The van der Waals surface area contributed by atoms with E-state index in [1.807, 2.05) is 0 Å². The summed E-state index contributed by atoms with van der Waals surface area (Å²) in [6, 6.07) is 4.97. The molecule has 2 N–H and O–H groups in total. The fourth-order valence-electron chi connectivity index (χ4n) is 1.22. The molecule has 1 heterocycles. The van der Waals surface area contributed by atoms with Crippen LogP contribution in [-0.4, -0.2) is 21.9 Å². The molecule has 0 aliphatic heterocycles. The van der Waals surface area contributed by atoms with Gasteiger partial charge in [-0.05, 0) is 17.7 Å². The van der Waals surface area contributed by atoms with E-state index in [0.717, 1.165) is 4.34 Å². The number of hydrogen-bond donors (Lipinski definition) is 1. The number of thioether (sulfide) groups is 2. The number of rotatable bonds is 6. The molecular weight excluding hydrogens is 385 g/mol. The molecule has 1 aromatic heterocycles. The van der Waals surface area contributed by atoms with E-state index in [1.165, 1.54) is 40.9 Å². The van der Waals surface area contributed by atoms with Crippen molar-refractivity contribution in [3.05, 3.63) is 34.1 Å². The van der Waals surface area contributed by atoms with Crippen LogP contribution in [0.15, 0.2) is 31.4 Å². The van der Waals surface area contributed by atoms with Crippen molar-refractivity contribution in [3.63, 3.8) is 0 Å². The molecule has 1 amide bonds. The number of aromatic nitrogens is 2. The number of carbonyl (C=O) groups is 1. The van der Waals surface area contributed by atoms with Crippen LogP contribution in [0.3, 0.4) is 0 Å². The lowest BCUT2D eigenvalue weighted by molar-refractivity contribution is -0.115. The van der Waals surface area contributed by atoms with Gasteiger partial charge in [0.1, 0.15) is 5.82 Å². The van der Waals surface area contributed by atoms with Crippen LogP contribution in [0, 0.1) is 5.82 Å². The van der Waals surface area contributed by atoms with Crippen LogP contribution in [0.5, 0.6) is 0 Å². The molecule has 20 heavy (non-hydrogen) atoms. The highest BCUT2D eigenvalue weighted by molar-refractivity contribution is 9.10. The average Bonchev–Trinajstić information content (AvgIpc) is 2.83. The van der Waals surface area contributed by atoms with Crippen LogP contribution in [0.25, 0.3) is 0 Å². The van der Waals surface area contributed by atoms with E-state index in [4.69, 9.17) is 5.73 Å². The molecule has 0 radical (unpaired) electrons. The SMILES string of the molecule is NC(=O)CSc1nnc(SCc2ccc(Br)cc2F)s1. The van der Waals surface area contributed by atoms with Gasteiger partial charge in [-0.25, -0.2) is 4.39 Å². The van der Waals surface area contributed by atoms with Gasteiger partial charge in [0.15, 0.2) is 8.68 Å². The third-order valence-corrected chi connectivity index (χ3v) is 5.85. The van der Waals surface area contributed by atoms with Gasteiger partial charge >= 0.3 is 0 Å². The number of carbonyl (C=O) groups excluding carboxylic acids is 1. The van der Waals surface area contributed by atoms with Crippen molar-refractivity contribution in [3.8, 4) is 0 Å². The normalized spacial score (nSPS) is 10.7. The van der Waals surface area contributed by atoms with Crippen LogP contribution < -0.4 is 5.73 Å². The maximum atomic E-state index is 13.6. The van der Waals surface area contributed by atoms with Crippen LogP contribution in [0.2, 0.25) is 0 Å². The summed E-state index contributed by atoms with van der Waals surface area (Å²) in [7, 11) is 0. The maximum Gasteiger partial charge on any atom is 0.227 e. The van der Waals surface area contributed by atoms with Gasteiger partial charge in [-0.1, -0.05) is 56.9 Å². The molecule has 106 valence electrons. The highest BCUT2D eigenvalue weighted by atomic mass is 79.9. The largest absolute Gasteiger partial charge is 0.369 e. The number of halogens is 2. The smallest absolute Gasteiger partial charge is 0.227 e. The Morgan fingerprint density at radius 1 is 1.35 bits per heavy atom. The van der Waals surface area contributed by atoms with Gasteiger partial charge in [0, 0.05) is 10.2 Å². The van der Waals surface area contributed by atoms with Crippen LogP contribution >= 0.6 is 50.8 Å². The summed E-state index contributed by atoms with van der Waals surface area (Å²) in [6.07, 6.45) is 0. The predicted octanol–water partition coefficient (Wildman–Crippen LogP) is 3.31. The predicted molar refractivity (Wildman–Crippen MR) is 83.5 cm³/mol. The van der Waals surface area contributed by atoms with Crippen LogP contribution in [0.4, 0.5) is 4.39 Å². The average molecular weight is 394 g/mol. The molecule has 0 aliphatic carbocycles. The number of hydrogen-bond acceptors (Lipinski definition) is 6. The summed E-state index contributed by atoms with van der Waals surface area (Å²) in [5.74, 6) is 0.0190. The van der Waals surface area contributed by atoms with E-state index in [2.05, 4.69) is 26.1 Å². The highest BCUT2D eigenvalue weighted by Gasteiger charge is 2.09. The van der Waals surface area contributed by atoms with Gasteiger partial charge in [-0.15, -0.1) is 10.2 Å². The molecule has 0 unspecified atom stereocenters. The minimum Gasteiger partial charge on any atom is -0.369 e. The van der Waals surface area contributed by atoms with Crippen molar-refractivity contribution in [1.82, 2.24) is 10.2 Å². The molecule has 1 aromatic carbocycles. The van der Waals surface area contributed by atoms with Gasteiger partial charge in [0.2, 0.25) is 5.91 Å². The summed E-state index contributed by atoms with van der Waals surface area (Å²) in [5.41, 5.74) is 5.67. The van der Waals surface area contributed by atoms with Crippen molar-refractivity contribution < 1.29 is 9.18 Å². The fraction of sp³-hybridized carbons (Fsp3) is 0.182. The second kappa shape index (κ2) is 7.39. The second-order valence-electron chi connectivity index (χ2n) is 3.61. The zero-order chi connectivity index (χ0) is 14.5. The van der Waals surface area contributed by atoms with Gasteiger partial charge < -0.3 is 5.73 Å². The van der Waals surface area contributed by atoms with Crippen molar-refractivity contribution in [1.29, 1.82) is 0 Å². The molecular formula is C11H9BrFN3OS3. The summed E-state index contributed by atoms with van der Waals surface area (Å²) in [5, 5.41) is 7.92. The van der Waals surface area contributed by atoms with Crippen molar-refractivity contribution >= 4 is 56.7 Å². The van der Waals surface area contributed by atoms with Gasteiger partial charge in [0.25, 0.3) is 0 Å². The van der Waals surface area contributed by atoms with E-state index in [1.54, 1.807) is 12.1 Å². The molecule has 0 saturated carbocycles. The Morgan fingerprint density at radius 3 is 2.70 bits per heavy atom. The lowest BCUT2D eigenvalue weighted by atomic mass is 10.2. The zero-order valence-electron chi connectivity index (χ0n) is 10.0. The van der Waals surface area contributed by atoms with Crippen LogP contribution in [0.1, 0.15) is 5.56 Å². The fourth-order valence-corrected chi connectivity index (χ4v) is 4.30. The molecule has 0 bridgehead atoms. The first-order valence-electron chi connectivity index (χ1n) is 5.36. The first kappa shape index (κ1) is 15.7. The van der Waals surface area contributed by atoms with Gasteiger partial charge in [-0.3, -0.25) is 4.79 Å². The first-order chi connectivity index (χ1) is 9.54. The number of nitrogens with two attached hydrogens (primary N) is 1. The summed E-state index contributed by atoms with van der Waals surface area (Å²) in [6.45, 7) is 0. The Hall–Kier alpha value is -0.640. The molecule has 0 fully saturated rings. The molecule has 0 aliphatic rings. The molecule has 0 saturated heterocycles. The summed E-state index contributed by atoms with van der Waals surface area (Å²) in [4.78, 5) is 10.7. The minimum atomic E-state index is -0.392. The van der Waals surface area contributed by atoms with Crippen molar-refractivity contribution in [2.24, 2.45) is 5.73 Å². The standard InChI is InChI=1S/C11H9BrFN3OS3/c12-7-2-1-6(8(13)3-7)4-18-10-15-16-11(20-10)19-5-9(14)17/h1-3H,4-5H2,(H2,14,17). The second-order valence-corrected chi connectivity index (χ2v) is 7.95. The first-order valence-corrected chi connectivity index (χ1v) is 8.94. The third kappa shape index (κ3) is 4.72. The maximum absolute atomic E-state index is 13.6. The third-order valence-electron chi connectivity index (χ3n) is 2.09. The number of nitrogens with zero attached hydrogens (tertiary/aromatic N) is 2. The lowest BCUT2D eigenvalue weighted by Crippen LogP contribution is -2.12. The molecule has 4 nitrogen and oxygen atoms in total. The van der Waals surface area contributed by atoms with E-state index in [-0.39, 0.29) is 11.6 Å². The monoisotopic (exact) mass is 393 g/mol. The zero-order valence-corrected chi connectivity index (χ0v) is 14.0. The van der Waals surface area contributed by atoms with Gasteiger partial charge in [0.05, 0.1) is 5.75 Å². The minimum absolute atomic E-state index is 0.181. The Balaban J connectivity index is 1.92. The Labute approximate surface area is 135 Å². The van der Waals surface area contributed by atoms with Crippen molar-refractivity contribution in [2.75, 3.05) is 5.75 Å². The highest BCUT2D eigenvalue weighted by Crippen LogP contribution is 2.31. The molecule has 0 atom stereocenters. The quantitative estimate of drug-likeness (QED) is 0.762. The number of benzene rings is 1. The molecule has 2 aromatic rings. The summed E-state index contributed by atoms with van der Waals surface area (Å²) >= 11 is 7.25. The molecule has 2 rings (SSSR count). The van der Waals surface area contributed by atoms with Crippen LogP contribution in [-0.2, 0) is 10.5 Å². The van der Waals surface area contributed by atoms with Crippen molar-refractivity contribution in [2.45, 2.75) is 14.4 Å². The van der Waals surface area contributed by atoms with Gasteiger partial charge in [-0.2, -0.15) is 0 Å². The number of primary amides is 1. The summed E-state index contributed by atoms with van der Waals surface area (Å²) < 4.78 is 15.8. The number of amides is 1. The lowest BCUT2D eigenvalue weighted by Gasteiger charge is -2.01.